The van der Waals surface area contributed by atoms with Gasteiger partial charge >= 0.3 is 0 Å². The average molecular weight is 457 g/mol. The molecule has 0 radical (unpaired) electrons. The molecule has 2 heteroatoms. The lowest BCUT2D eigenvalue weighted by molar-refractivity contribution is -0.00892. The second-order valence-corrected chi connectivity index (χ2v) is 11.2. The van der Waals surface area contributed by atoms with Gasteiger partial charge in [0.05, 0.1) is 6.10 Å². The molecule has 3 aromatic rings. The number of benzene rings is 3. The fourth-order valence-corrected chi connectivity index (χ4v) is 5.66. The van der Waals surface area contributed by atoms with E-state index in [2.05, 4.69) is 69.3 Å². The second-order valence-electron chi connectivity index (χ2n) is 11.2. The van der Waals surface area contributed by atoms with Gasteiger partial charge in [0.25, 0.3) is 0 Å². The molecule has 1 saturated carbocycles. The first-order valence-corrected chi connectivity index (χ1v) is 12.9. The lowest BCUT2D eigenvalue weighted by Crippen LogP contribution is -2.38. The third kappa shape index (κ3) is 5.45. The topological polar surface area (TPSA) is 40.5 Å². The Balaban J connectivity index is 1.37. The largest absolute Gasteiger partial charge is 0.388 e. The van der Waals surface area contributed by atoms with E-state index in [1.165, 1.54) is 5.56 Å². The number of aliphatic hydroxyl groups is 2. The minimum absolute atomic E-state index is 0.129. The lowest BCUT2D eigenvalue weighted by atomic mass is 9.67. The molecule has 2 nitrogen and oxygen atoms in total. The maximum Gasteiger partial charge on any atom is 0.117 e. The Morgan fingerprint density at radius 3 is 1.68 bits per heavy atom. The highest BCUT2D eigenvalue weighted by atomic mass is 16.3. The van der Waals surface area contributed by atoms with E-state index in [0.29, 0.717) is 5.92 Å². The molecule has 0 heterocycles. The molecule has 0 unspecified atom stereocenters. The van der Waals surface area contributed by atoms with Crippen LogP contribution in [-0.4, -0.2) is 10.2 Å². The summed E-state index contributed by atoms with van der Waals surface area (Å²) in [6.07, 6.45) is 5.63. The van der Waals surface area contributed by atoms with Crippen LogP contribution >= 0.6 is 0 Å². The molecule has 1 aliphatic carbocycles. The van der Waals surface area contributed by atoms with Crippen molar-refractivity contribution in [1.29, 1.82) is 0 Å². The van der Waals surface area contributed by atoms with Crippen molar-refractivity contribution in [1.82, 2.24) is 0 Å². The maximum atomic E-state index is 12.1. The summed E-state index contributed by atoms with van der Waals surface area (Å²) >= 11 is 0. The highest BCUT2D eigenvalue weighted by Gasteiger charge is 2.41. The molecule has 0 aliphatic heterocycles. The van der Waals surface area contributed by atoms with E-state index in [-0.39, 0.29) is 11.3 Å². The zero-order chi connectivity index (χ0) is 24.2. The van der Waals surface area contributed by atoms with Crippen molar-refractivity contribution in [2.45, 2.75) is 76.4 Å². The third-order valence-corrected chi connectivity index (χ3v) is 7.88. The molecule has 0 bridgehead atoms. The highest BCUT2D eigenvalue weighted by Crippen LogP contribution is 2.46. The van der Waals surface area contributed by atoms with Crippen LogP contribution in [0.25, 0.3) is 0 Å². The van der Waals surface area contributed by atoms with Gasteiger partial charge in [0.1, 0.15) is 5.60 Å². The van der Waals surface area contributed by atoms with Crippen LogP contribution < -0.4 is 0 Å². The average Bonchev–Trinajstić information content (AvgIpc) is 2.87. The van der Waals surface area contributed by atoms with E-state index in [1.54, 1.807) is 0 Å². The Hall–Kier alpha value is -2.42. The Bertz CT molecular complexity index is 971. The molecule has 0 spiro atoms. The summed E-state index contributed by atoms with van der Waals surface area (Å²) in [5.41, 5.74) is 3.46. The van der Waals surface area contributed by atoms with Gasteiger partial charge in [-0.15, -0.1) is 0 Å². The van der Waals surface area contributed by atoms with Crippen molar-refractivity contribution >= 4 is 0 Å². The first-order valence-electron chi connectivity index (χ1n) is 12.9. The zero-order valence-electron chi connectivity index (χ0n) is 21.0. The van der Waals surface area contributed by atoms with Crippen molar-refractivity contribution in [3.05, 3.63) is 107 Å². The fraction of sp³-hybridized carbons (Fsp3) is 0.438. The van der Waals surface area contributed by atoms with Gasteiger partial charge in [-0.3, -0.25) is 0 Å². The molecular weight excluding hydrogens is 416 g/mol. The molecule has 0 amide bonds. The summed E-state index contributed by atoms with van der Waals surface area (Å²) in [4.78, 5) is 0. The van der Waals surface area contributed by atoms with Crippen LogP contribution in [-0.2, 0) is 11.0 Å². The molecule has 180 valence electrons. The Morgan fingerprint density at radius 1 is 0.706 bits per heavy atom. The highest BCUT2D eigenvalue weighted by molar-refractivity contribution is 5.37. The van der Waals surface area contributed by atoms with Crippen LogP contribution in [0.3, 0.4) is 0 Å². The standard InChI is InChI=1S/C32H40O2/c1-31(2,3)26-21-17-25(18-22-26)30(33)23-16-24-14-19-29(20-15-24)32(34,27-10-6-4-7-11-27)28-12-8-5-9-13-28/h4-13,17-18,21-22,24,29-30,33-34H,14-16,19-20,23H2,1-3H3/t24?,29?,30-/m1/s1. The number of hydrogen-bond acceptors (Lipinski definition) is 2. The van der Waals surface area contributed by atoms with E-state index in [1.807, 2.05) is 36.4 Å². The van der Waals surface area contributed by atoms with E-state index >= 15 is 0 Å². The molecule has 4 rings (SSSR count). The third-order valence-electron chi connectivity index (χ3n) is 7.88. The van der Waals surface area contributed by atoms with Crippen LogP contribution in [0, 0.1) is 11.8 Å². The molecule has 1 atom stereocenters. The first kappa shape index (κ1) is 24.7. The number of hydrogen-bond donors (Lipinski definition) is 2. The van der Waals surface area contributed by atoms with E-state index in [9.17, 15) is 10.2 Å². The smallest absolute Gasteiger partial charge is 0.117 e. The summed E-state index contributed by atoms with van der Waals surface area (Å²) < 4.78 is 0. The van der Waals surface area contributed by atoms with Crippen LogP contribution in [0.4, 0.5) is 0 Å². The van der Waals surface area contributed by atoms with Crippen LogP contribution in [0.1, 0.15) is 87.7 Å². The predicted octanol–water partition coefficient (Wildman–Crippen LogP) is 7.54. The maximum absolute atomic E-state index is 12.1. The second kappa shape index (κ2) is 10.5. The van der Waals surface area contributed by atoms with Crippen molar-refractivity contribution in [3.8, 4) is 0 Å². The minimum atomic E-state index is -0.957. The molecule has 0 aromatic heterocycles. The van der Waals surface area contributed by atoms with Gasteiger partial charge < -0.3 is 10.2 Å². The molecule has 0 saturated heterocycles. The van der Waals surface area contributed by atoms with Crippen LogP contribution in [0.5, 0.6) is 0 Å². The summed E-state index contributed by atoms with van der Waals surface area (Å²) in [6, 6.07) is 28.8. The monoisotopic (exact) mass is 456 g/mol. The summed E-state index contributed by atoms with van der Waals surface area (Å²) in [7, 11) is 0. The minimum Gasteiger partial charge on any atom is -0.388 e. The summed E-state index contributed by atoms with van der Waals surface area (Å²) in [5.74, 6) is 0.805. The molecule has 2 N–H and O–H groups in total. The van der Waals surface area contributed by atoms with Crippen LogP contribution in [0.2, 0.25) is 0 Å². The number of aliphatic hydroxyl groups excluding tert-OH is 1. The number of rotatable bonds is 7. The normalized spacial score (nSPS) is 20.1. The summed E-state index contributed by atoms with van der Waals surface area (Å²) in [5, 5.41) is 22.9. The molecular formula is C32H40O2. The van der Waals surface area contributed by atoms with Crippen molar-refractivity contribution in [2.75, 3.05) is 0 Å². The van der Waals surface area contributed by atoms with Gasteiger partial charge in [0.2, 0.25) is 0 Å². The van der Waals surface area contributed by atoms with E-state index in [0.717, 1.165) is 55.2 Å². The Labute approximate surface area is 205 Å². The Morgan fingerprint density at radius 2 is 1.21 bits per heavy atom. The van der Waals surface area contributed by atoms with Gasteiger partial charge in [-0.25, -0.2) is 0 Å². The fourth-order valence-electron chi connectivity index (χ4n) is 5.66. The van der Waals surface area contributed by atoms with Gasteiger partial charge in [-0.2, -0.15) is 0 Å². The van der Waals surface area contributed by atoms with Crippen molar-refractivity contribution in [2.24, 2.45) is 11.8 Å². The Kier molecular flexibility index (Phi) is 7.60. The predicted molar refractivity (Wildman–Crippen MR) is 141 cm³/mol. The van der Waals surface area contributed by atoms with E-state index in [4.69, 9.17) is 0 Å². The molecule has 1 fully saturated rings. The van der Waals surface area contributed by atoms with Gasteiger partial charge in [0.15, 0.2) is 0 Å². The first-order chi connectivity index (χ1) is 16.3. The van der Waals surface area contributed by atoms with E-state index < -0.39 is 11.7 Å². The van der Waals surface area contributed by atoms with Gasteiger partial charge in [0, 0.05) is 0 Å². The van der Waals surface area contributed by atoms with Crippen molar-refractivity contribution in [3.63, 3.8) is 0 Å². The molecule has 34 heavy (non-hydrogen) atoms. The van der Waals surface area contributed by atoms with Gasteiger partial charge in [-0.05, 0) is 65.2 Å². The zero-order valence-corrected chi connectivity index (χ0v) is 21.0. The quantitative estimate of drug-likeness (QED) is 0.385. The SMILES string of the molecule is CC(C)(C)c1ccc([C@H](O)CCC2CCC(C(O)(c3ccccc3)c3ccccc3)CC2)cc1. The van der Waals surface area contributed by atoms with Crippen LogP contribution in [0.15, 0.2) is 84.9 Å². The van der Waals surface area contributed by atoms with Crippen molar-refractivity contribution < 1.29 is 10.2 Å². The molecule has 1 aliphatic rings. The van der Waals surface area contributed by atoms with Gasteiger partial charge in [-0.1, -0.05) is 119 Å². The molecule has 3 aromatic carbocycles. The summed E-state index contributed by atoms with van der Waals surface area (Å²) in [6.45, 7) is 6.64. The lowest BCUT2D eigenvalue weighted by Gasteiger charge is -2.41.